The van der Waals surface area contributed by atoms with E-state index in [1.807, 2.05) is 0 Å². The van der Waals surface area contributed by atoms with E-state index < -0.39 is 27.9 Å². The summed E-state index contributed by atoms with van der Waals surface area (Å²) in [6.07, 6.45) is 0. The highest BCUT2D eigenvalue weighted by atomic mass is 19.2. The third-order valence-electron chi connectivity index (χ3n) is 2.23. The van der Waals surface area contributed by atoms with Gasteiger partial charge in [0.15, 0.2) is 17.3 Å². The minimum Gasteiger partial charge on any atom is -0.380 e. The molecule has 0 spiro atoms. The summed E-state index contributed by atoms with van der Waals surface area (Å²) in [6.45, 7) is 4.16. The van der Waals surface area contributed by atoms with Gasteiger partial charge >= 0.3 is 0 Å². The zero-order valence-electron chi connectivity index (χ0n) is 10.1. The third kappa shape index (κ3) is 3.36. The summed E-state index contributed by atoms with van der Waals surface area (Å²) in [5.41, 5.74) is -0.954. The third-order valence-corrected chi connectivity index (χ3v) is 2.23. The number of nitrogens with zero attached hydrogens (tertiary/aromatic N) is 1. The van der Waals surface area contributed by atoms with E-state index >= 15 is 0 Å². The maximum absolute atomic E-state index is 13.5. The molecule has 0 fully saturated rings. The number of nitro benzene ring substituents is 1. The van der Waals surface area contributed by atoms with E-state index in [0.29, 0.717) is 6.61 Å². The number of rotatable bonds is 6. The number of hydrogen-bond acceptors (Lipinski definition) is 4. The lowest BCUT2D eigenvalue weighted by Gasteiger charge is -2.15. The van der Waals surface area contributed by atoms with Crippen molar-refractivity contribution < 1.29 is 18.4 Å². The zero-order chi connectivity index (χ0) is 13.7. The highest BCUT2D eigenvalue weighted by molar-refractivity contribution is 5.62. The predicted molar refractivity (Wildman–Crippen MR) is 62.6 cm³/mol. The van der Waals surface area contributed by atoms with Crippen LogP contribution in [0.15, 0.2) is 12.1 Å². The van der Waals surface area contributed by atoms with Crippen molar-refractivity contribution in [1.82, 2.24) is 0 Å². The molecule has 1 atom stereocenters. The molecule has 1 aromatic rings. The van der Waals surface area contributed by atoms with E-state index in [0.717, 1.165) is 12.1 Å². The molecular formula is C11H14F2N2O3. The van der Waals surface area contributed by atoms with Crippen LogP contribution in [0.2, 0.25) is 0 Å². The number of nitro groups is 1. The molecular weight excluding hydrogens is 246 g/mol. The Hall–Kier alpha value is -1.76. The average Bonchev–Trinajstić information content (AvgIpc) is 2.32. The van der Waals surface area contributed by atoms with Gasteiger partial charge in [-0.15, -0.1) is 0 Å². The van der Waals surface area contributed by atoms with Gasteiger partial charge in [0, 0.05) is 18.7 Å². The maximum Gasteiger partial charge on any atom is 0.295 e. The fraction of sp³-hybridized carbons (Fsp3) is 0.455. The van der Waals surface area contributed by atoms with Crippen LogP contribution in [0.4, 0.5) is 20.2 Å². The molecule has 18 heavy (non-hydrogen) atoms. The fourth-order valence-corrected chi connectivity index (χ4v) is 1.41. The van der Waals surface area contributed by atoms with Crippen LogP contribution in [0, 0.1) is 21.7 Å². The molecule has 0 aliphatic heterocycles. The van der Waals surface area contributed by atoms with Crippen LogP contribution in [0.5, 0.6) is 0 Å². The fourth-order valence-electron chi connectivity index (χ4n) is 1.41. The van der Waals surface area contributed by atoms with Crippen LogP contribution in [-0.4, -0.2) is 24.2 Å². The standard InChI is InChI=1S/C11H14F2N2O3/c1-3-18-6-7(2)14-11-9(15(16)17)5-4-8(12)10(11)13/h4-5,7,14H,3,6H2,1-2H3. The molecule has 1 rings (SSSR count). The Bertz CT molecular complexity index is 441. The minimum absolute atomic E-state index is 0.240. The van der Waals surface area contributed by atoms with Crippen molar-refractivity contribution in [1.29, 1.82) is 0 Å². The molecule has 0 heterocycles. The summed E-state index contributed by atoms with van der Waals surface area (Å²) in [7, 11) is 0. The summed E-state index contributed by atoms with van der Waals surface area (Å²) in [4.78, 5) is 9.96. The first-order chi connectivity index (χ1) is 8.47. The van der Waals surface area contributed by atoms with Gasteiger partial charge < -0.3 is 10.1 Å². The van der Waals surface area contributed by atoms with E-state index in [-0.39, 0.29) is 12.6 Å². The van der Waals surface area contributed by atoms with Crippen molar-refractivity contribution in [2.45, 2.75) is 19.9 Å². The van der Waals surface area contributed by atoms with Gasteiger partial charge in [-0.25, -0.2) is 8.78 Å². The Morgan fingerprint density at radius 1 is 1.50 bits per heavy atom. The van der Waals surface area contributed by atoms with E-state index in [4.69, 9.17) is 4.74 Å². The minimum atomic E-state index is -1.26. The molecule has 0 aliphatic carbocycles. The molecule has 1 N–H and O–H groups in total. The van der Waals surface area contributed by atoms with Gasteiger partial charge in [-0.1, -0.05) is 0 Å². The highest BCUT2D eigenvalue weighted by Gasteiger charge is 2.22. The number of hydrogen-bond donors (Lipinski definition) is 1. The van der Waals surface area contributed by atoms with Crippen LogP contribution in [0.1, 0.15) is 13.8 Å². The first-order valence-corrected chi connectivity index (χ1v) is 5.44. The first-order valence-electron chi connectivity index (χ1n) is 5.44. The molecule has 1 aromatic carbocycles. The molecule has 0 radical (unpaired) electrons. The van der Waals surface area contributed by atoms with Crippen molar-refractivity contribution in [2.75, 3.05) is 18.5 Å². The largest absolute Gasteiger partial charge is 0.380 e. The second-order valence-electron chi connectivity index (χ2n) is 3.72. The number of benzene rings is 1. The summed E-state index contributed by atoms with van der Waals surface area (Å²) < 4.78 is 31.7. The summed E-state index contributed by atoms with van der Waals surface area (Å²) >= 11 is 0. The van der Waals surface area contributed by atoms with E-state index in [2.05, 4.69) is 5.32 Å². The van der Waals surface area contributed by atoms with Crippen molar-refractivity contribution >= 4 is 11.4 Å². The first kappa shape index (κ1) is 14.3. The average molecular weight is 260 g/mol. The van der Waals surface area contributed by atoms with Crippen LogP contribution >= 0.6 is 0 Å². The predicted octanol–water partition coefficient (Wildman–Crippen LogP) is 2.71. The lowest BCUT2D eigenvalue weighted by Crippen LogP contribution is -2.23. The quantitative estimate of drug-likeness (QED) is 0.631. The Labute approximate surface area is 103 Å². The van der Waals surface area contributed by atoms with Crippen molar-refractivity contribution in [3.8, 4) is 0 Å². The molecule has 0 bridgehead atoms. The maximum atomic E-state index is 13.5. The van der Waals surface area contributed by atoms with Crippen LogP contribution in [0.3, 0.4) is 0 Å². The molecule has 0 aromatic heterocycles. The number of anilines is 1. The van der Waals surface area contributed by atoms with E-state index in [9.17, 15) is 18.9 Å². The normalized spacial score (nSPS) is 12.2. The van der Waals surface area contributed by atoms with Gasteiger partial charge in [0.25, 0.3) is 5.69 Å². The zero-order valence-corrected chi connectivity index (χ0v) is 10.1. The van der Waals surface area contributed by atoms with Crippen LogP contribution in [0.25, 0.3) is 0 Å². The van der Waals surface area contributed by atoms with Crippen LogP contribution in [-0.2, 0) is 4.74 Å². The van der Waals surface area contributed by atoms with Crippen molar-refractivity contribution in [2.24, 2.45) is 0 Å². The van der Waals surface area contributed by atoms with Gasteiger partial charge in [0.1, 0.15) is 0 Å². The molecule has 0 aliphatic rings. The van der Waals surface area contributed by atoms with Crippen LogP contribution < -0.4 is 5.32 Å². The number of nitrogens with one attached hydrogen (secondary N) is 1. The number of halogens is 2. The molecule has 100 valence electrons. The second kappa shape index (κ2) is 6.25. The summed E-state index contributed by atoms with van der Waals surface area (Å²) in [5.74, 6) is -2.39. The summed E-state index contributed by atoms with van der Waals surface area (Å²) in [5, 5.41) is 13.3. The van der Waals surface area contributed by atoms with E-state index in [1.165, 1.54) is 0 Å². The second-order valence-corrected chi connectivity index (χ2v) is 3.72. The Morgan fingerprint density at radius 2 is 2.17 bits per heavy atom. The van der Waals surface area contributed by atoms with Gasteiger partial charge in [-0.05, 0) is 19.9 Å². The molecule has 0 amide bonds. The van der Waals surface area contributed by atoms with Crippen molar-refractivity contribution in [3.63, 3.8) is 0 Å². The van der Waals surface area contributed by atoms with Gasteiger partial charge in [-0.3, -0.25) is 10.1 Å². The molecule has 0 saturated carbocycles. The molecule has 7 heteroatoms. The topological polar surface area (TPSA) is 64.4 Å². The molecule has 1 unspecified atom stereocenters. The smallest absolute Gasteiger partial charge is 0.295 e. The van der Waals surface area contributed by atoms with Gasteiger partial charge in [0.05, 0.1) is 11.5 Å². The van der Waals surface area contributed by atoms with Gasteiger partial charge in [-0.2, -0.15) is 0 Å². The van der Waals surface area contributed by atoms with Gasteiger partial charge in [0.2, 0.25) is 0 Å². The Balaban J connectivity index is 2.98. The lowest BCUT2D eigenvalue weighted by atomic mass is 10.2. The van der Waals surface area contributed by atoms with E-state index in [1.54, 1.807) is 13.8 Å². The molecule has 0 saturated heterocycles. The monoisotopic (exact) mass is 260 g/mol. The Morgan fingerprint density at radius 3 is 2.72 bits per heavy atom. The van der Waals surface area contributed by atoms with Crippen molar-refractivity contribution in [3.05, 3.63) is 33.9 Å². The lowest BCUT2D eigenvalue weighted by molar-refractivity contribution is -0.384. The summed E-state index contributed by atoms with van der Waals surface area (Å²) in [6, 6.07) is 1.28. The SMILES string of the molecule is CCOCC(C)Nc1c([N+](=O)[O-])ccc(F)c1F. The molecule has 5 nitrogen and oxygen atoms in total. The Kier molecular flexibility index (Phi) is 4.96. The highest BCUT2D eigenvalue weighted by Crippen LogP contribution is 2.29. The number of ether oxygens (including phenoxy) is 1.